The maximum Gasteiger partial charge on any atom is 0.416 e. The summed E-state index contributed by atoms with van der Waals surface area (Å²) in [6, 6.07) is 6.66. The van der Waals surface area contributed by atoms with Crippen molar-refractivity contribution in [2.75, 3.05) is 31.1 Å². The van der Waals surface area contributed by atoms with Gasteiger partial charge < -0.3 is 20.0 Å². The number of phenols is 2. The highest BCUT2D eigenvalue weighted by Crippen LogP contribution is 2.45. The number of alkyl halides is 3. The number of nitrogens with zero attached hydrogens (tertiary/aromatic N) is 3. The molecule has 2 aromatic carbocycles. The second-order valence-electron chi connectivity index (χ2n) is 7.28. The third-order valence-corrected chi connectivity index (χ3v) is 7.42. The number of phenolic OH excluding ortho intramolecular Hbond substituents is 2. The lowest BCUT2D eigenvalue weighted by molar-refractivity contribution is -0.137. The maximum atomic E-state index is 13.0. The minimum Gasteiger partial charge on any atom is -0.506 e. The Kier molecular flexibility index (Phi) is 6.61. The Labute approximate surface area is 207 Å². The molecule has 6 nitrogen and oxygen atoms in total. The van der Waals surface area contributed by atoms with Gasteiger partial charge in [0.1, 0.15) is 16.0 Å². The van der Waals surface area contributed by atoms with Crippen molar-refractivity contribution < 1.29 is 28.2 Å². The average Bonchev–Trinajstić information content (AvgIpc) is 3.29. The fraction of sp³-hybridized carbons (Fsp3) is 0.238. The zero-order valence-corrected chi connectivity index (χ0v) is 20.7. The first-order valence-corrected chi connectivity index (χ1v) is 12.1. The van der Waals surface area contributed by atoms with Gasteiger partial charge in [-0.25, -0.2) is 4.98 Å². The van der Waals surface area contributed by atoms with Crippen LogP contribution in [-0.4, -0.2) is 52.2 Å². The monoisotopic (exact) mass is 605 g/mol. The molecule has 33 heavy (non-hydrogen) atoms. The lowest BCUT2D eigenvalue weighted by Crippen LogP contribution is -2.48. The van der Waals surface area contributed by atoms with Gasteiger partial charge in [-0.05, 0) is 56.1 Å². The molecule has 12 heteroatoms. The zero-order chi connectivity index (χ0) is 23.9. The van der Waals surface area contributed by atoms with Crippen LogP contribution in [0.25, 0.3) is 11.3 Å². The molecule has 0 saturated carbocycles. The van der Waals surface area contributed by atoms with Crippen molar-refractivity contribution in [1.82, 2.24) is 9.88 Å². The van der Waals surface area contributed by atoms with Crippen molar-refractivity contribution in [3.05, 3.63) is 55.2 Å². The smallest absolute Gasteiger partial charge is 0.416 e. The predicted octanol–water partition coefficient (Wildman–Crippen LogP) is 5.73. The van der Waals surface area contributed by atoms with E-state index in [4.69, 9.17) is 0 Å². The molecule has 2 heterocycles. The standard InChI is InChI=1S/C21H16Br2F3N3O3S/c22-14-9-13(17(30)16(23)18(14)31)15-10-33-19(27-15)20(32)29-6-4-28(5-7-29)12-3-1-2-11(8-12)21(24,25)26/h1-3,8-10,30-31H,4-7H2. The number of aromatic hydroxyl groups is 2. The summed E-state index contributed by atoms with van der Waals surface area (Å²) in [6.07, 6.45) is -4.41. The molecule has 1 saturated heterocycles. The number of hydrogen-bond donors (Lipinski definition) is 2. The molecule has 0 atom stereocenters. The van der Waals surface area contributed by atoms with Crippen LogP contribution in [0.15, 0.2) is 44.7 Å². The summed E-state index contributed by atoms with van der Waals surface area (Å²) in [7, 11) is 0. The minimum absolute atomic E-state index is 0.110. The highest BCUT2D eigenvalue weighted by Gasteiger charge is 2.31. The topological polar surface area (TPSA) is 76.9 Å². The van der Waals surface area contributed by atoms with Gasteiger partial charge in [-0.2, -0.15) is 13.2 Å². The number of piperazine rings is 1. The minimum atomic E-state index is -4.41. The van der Waals surface area contributed by atoms with Crippen molar-refractivity contribution in [2.24, 2.45) is 0 Å². The third-order valence-electron chi connectivity index (χ3n) is 5.24. The summed E-state index contributed by atoms with van der Waals surface area (Å²) in [4.78, 5) is 20.7. The molecule has 0 aliphatic carbocycles. The second-order valence-corrected chi connectivity index (χ2v) is 9.79. The number of carbonyl (C=O) groups excluding carboxylic acids is 1. The van der Waals surface area contributed by atoms with E-state index in [-0.39, 0.29) is 26.9 Å². The molecular formula is C21H16Br2F3N3O3S. The van der Waals surface area contributed by atoms with E-state index in [9.17, 15) is 28.2 Å². The highest BCUT2D eigenvalue weighted by molar-refractivity contribution is 9.11. The Morgan fingerprint density at radius 1 is 1.06 bits per heavy atom. The molecule has 0 radical (unpaired) electrons. The summed E-state index contributed by atoms with van der Waals surface area (Å²) in [5.41, 5.74) is 0.484. The molecule has 174 valence electrons. The van der Waals surface area contributed by atoms with E-state index in [1.54, 1.807) is 16.3 Å². The van der Waals surface area contributed by atoms with E-state index in [2.05, 4.69) is 36.8 Å². The van der Waals surface area contributed by atoms with Crippen LogP contribution in [0, 0.1) is 0 Å². The van der Waals surface area contributed by atoms with E-state index in [1.165, 1.54) is 12.1 Å². The summed E-state index contributed by atoms with van der Waals surface area (Å²) < 4.78 is 39.4. The second kappa shape index (κ2) is 9.15. The van der Waals surface area contributed by atoms with E-state index in [1.807, 2.05) is 4.90 Å². The normalized spacial score (nSPS) is 14.6. The van der Waals surface area contributed by atoms with Crippen LogP contribution >= 0.6 is 43.2 Å². The van der Waals surface area contributed by atoms with Gasteiger partial charge in [0.2, 0.25) is 0 Å². The highest BCUT2D eigenvalue weighted by atomic mass is 79.9. The number of carbonyl (C=O) groups is 1. The number of amides is 1. The Morgan fingerprint density at radius 2 is 1.76 bits per heavy atom. The number of benzene rings is 2. The fourth-order valence-corrected chi connectivity index (χ4v) is 5.38. The lowest BCUT2D eigenvalue weighted by Gasteiger charge is -2.36. The van der Waals surface area contributed by atoms with Gasteiger partial charge in [0.15, 0.2) is 5.01 Å². The summed E-state index contributed by atoms with van der Waals surface area (Å²) in [5.74, 6) is -0.637. The average molecular weight is 607 g/mol. The quantitative estimate of drug-likeness (QED) is 0.398. The molecule has 4 rings (SSSR count). The molecule has 0 spiro atoms. The van der Waals surface area contributed by atoms with Crippen molar-refractivity contribution >= 4 is 54.8 Å². The molecule has 0 unspecified atom stereocenters. The van der Waals surface area contributed by atoms with Crippen LogP contribution in [0.1, 0.15) is 15.4 Å². The van der Waals surface area contributed by atoms with Gasteiger partial charge in [0.25, 0.3) is 5.91 Å². The number of thiazole rings is 1. The van der Waals surface area contributed by atoms with Gasteiger partial charge in [0, 0.05) is 42.8 Å². The Bertz CT molecular complexity index is 1210. The van der Waals surface area contributed by atoms with Gasteiger partial charge in [0.05, 0.1) is 15.7 Å². The molecule has 1 amide bonds. The number of halogens is 5. The van der Waals surface area contributed by atoms with Crippen LogP contribution in [0.3, 0.4) is 0 Å². The van der Waals surface area contributed by atoms with Gasteiger partial charge >= 0.3 is 6.18 Å². The molecule has 1 aromatic heterocycles. The predicted molar refractivity (Wildman–Crippen MR) is 126 cm³/mol. The molecule has 1 aliphatic heterocycles. The number of aromatic nitrogens is 1. The number of rotatable bonds is 3. The number of anilines is 1. The first kappa shape index (κ1) is 23.8. The van der Waals surface area contributed by atoms with E-state index in [0.717, 1.165) is 23.5 Å². The Morgan fingerprint density at radius 3 is 2.42 bits per heavy atom. The van der Waals surface area contributed by atoms with Crippen LogP contribution in [0.4, 0.5) is 18.9 Å². The summed E-state index contributed by atoms with van der Waals surface area (Å²) in [5, 5.41) is 22.1. The summed E-state index contributed by atoms with van der Waals surface area (Å²) >= 11 is 7.46. The number of hydrogen-bond acceptors (Lipinski definition) is 6. The molecule has 2 N–H and O–H groups in total. The lowest BCUT2D eigenvalue weighted by atomic mass is 10.1. The molecule has 3 aromatic rings. The van der Waals surface area contributed by atoms with Crippen molar-refractivity contribution in [3.63, 3.8) is 0 Å². The van der Waals surface area contributed by atoms with Gasteiger partial charge in [-0.1, -0.05) is 6.07 Å². The van der Waals surface area contributed by atoms with E-state index >= 15 is 0 Å². The first-order valence-electron chi connectivity index (χ1n) is 9.63. The first-order chi connectivity index (χ1) is 15.6. The molecule has 1 fully saturated rings. The van der Waals surface area contributed by atoms with Crippen LogP contribution < -0.4 is 4.90 Å². The largest absolute Gasteiger partial charge is 0.506 e. The fourth-order valence-electron chi connectivity index (χ4n) is 3.47. The maximum absolute atomic E-state index is 13.0. The van der Waals surface area contributed by atoms with Crippen molar-refractivity contribution in [1.29, 1.82) is 0 Å². The third kappa shape index (κ3) is 4.82. The molecule has 1 aliphatic rings. The van der Waals surface area contributed by atoms with Gasteiger partial charge in [-0.15, -0.1) is 11.3 Å². The van der Waals surface area contributed by atoms with E-state index < -0.39 is 11.7 Å². The van der Waals surface area contributed by atoms with Crippen molar-refractivity contribution in [3.8, 4) is 22.8 Å². The molecule has 0 bridgehead atoms. The van der Waals surface area contributed by atoms with Crippen LogP contribution in [0.5, 0.6) is 11.5 Å². The van der Waals surface area contributed by atoms with Crippen LogP contribution in [-0.2, 0) is 6.18 Å². The van der Waals surface area contributed by atoms with E-state index in [0.29, 0.717) is 47.6 Å². The summed E-state index contributed by atoms with van der Waals surface area (Å²) in [6.45, 7) is 1.46. The SMILES string of the molecule is O=C(c1nc(-c2cc(Br)c(O)c(Br)c2O)cs1)N1CCN(c2cccc(C(F)(F)F)c2)CC1. The van der Waals surface area contributed by atoms with Crippen LogP contribution in [0.2, 0.25) is 0 Å². The molecular weight excluding hydrogens is 591 g/mol. The Hall–Kier alpha value is -2.31. The zero-order valence-electron chi connectivity index (χ0n) is 16.7. The Balaban J connectivity index is 1.46. The van der Waals surface area contributed by atoms with Crippen molar-refractivity contribution in [2.45, 2.75) is 6.18 Å². The van der Waals surface area contributed by atoms with Gasteiger partial charge in [-0.3, -0.25) is 4.79 Å².